The third kappa shape index (κ3) is 5.99. The Morgan fingerprint density at radius 1 is 1.05 bits per heavy atom. The lowest BCUT2D eigenvalue weighted by Gasteiger charge is -2.30. The van der Waals surface area contributed by atoms with E-state index in [1.165, 1.54) is 16.7 Å². The van der Waals surface area contributed by atoms with Crippen LogP contribution in [0.5, 0.6) is 23.3 Å². The molecule has 0 aliphatic carbocycles. The first-order valence-corrected chi connectivity index (χ1v) is 13.2. The number of fused-ring (bicyclic) bond motifs is 1. The van der Waals surface area contributed by atoms with Crippen molar-refractivity contribution >= 4 is 11.9 Å². The highest BCUT2D eigenvalue weighted by molar-refractivity contribution is 5.79. The molecule has 11 nitrogen and oxygen atoms in total. The molecule has 1 fully saturated rings. The number of carbonyl (C=O) groups excluding carboxylic acids is 1. The molecule has 2 aliphatic rings. The van der Waals surface area contributed by atoms with E-state index in [2.05, 4.69) is 0 Å². The van der Waals surface area contributed by atoms with Gasteiger partial charge in [0.05, 0.1) is 12.5 Å². The highest BCUT2D eigenvalue weighted by Gasteiger charge is 2.47. The molecule has 3 atom stereocenters. The number of rotatable bonds is 13. The molecule has 2 aliphatic heterocycles. The number of likely N-dealkylation sites (tertiary alicyclic amines) is 1. The number of carboxylic acid groups (broad SMARTS) is 1. The SMILES string of the molecule is CCCCN(CCCO)C(=O)CN1C[C@H](c2ccc3c(c2)OCO3)[C@@H](C(=O)O)[C@@H]1CCn1c(O)ccc1O. The number of aliphatic hydroxyl groups is 1. The Morgan fingerprint density at radius 2 is 1.76 bits per heavy atom. The van der Waals surface area contributed by atoms with Gasteiger partial charge >= 0.3 is 5.97 Å². The topological polar surface area (TPSA) is 145 Å². The van der Waals surface area contributed by atoms with Gasteiger partial charge in [-0.15, -0.1) is 0 Å². The Labute approximate surface area is 221 Å². The number of aliphatic hydroxyl groups excluding tert-OH is 1. The van der Waals surface area contributed by atoms with E-state index in [4.69, 9.17) is 9.47 Å². The van der Waals surface area contributed by atoms with E-state index in [1.54, 1.807) is 11.0 Å². The predicted molar refractivity (Wildman–Crippen MR) is 137 cm³/mol. The Morgan fingerprint density at radius 3 is 2.45 bits per heavy atom. The van der Waals surface area contributed by atoms with Crippen LogP contribution in [-0.4, -0.2) is 92.3 Å². The molecule has 1 amide bonds. The smallest absolute Gasteiger partial charge is 0.308 e. The van der Waals surface area contributed by atoms with E-state index >= 15 is 0 Å². The highest BCUT2D eigenvalue weighted by Crippen LogP contribution is 2.43. The fourth-order valence-corrected chi connectivity index (χ4v) is 5.52. The first-order valence-electron chi connectivity index (χ1n) is 13.2. The van der Waals surface area contributed by atoms with Crippen LogP contribution in [0.1, 0.15) is 44.1 Å². The summed E-state index contributed by atoms with van der Waals surface area (Å²) in [5, 5.41) is 39.9. The number of amides is 1. The minimum absolute atomic E-state index is 0.0145. The number of hydrogen-bond donors (Lipinski definition) is 4. The van der Waals surface area contributed by atoms with Crippen molar-refractivity contribution in [2.45, 2.75) is 51.1 Å². The maximum Gasteiger partial charge on any atom is 0.308 e. The van der Waals surface area contributed by atoms with Gasteiger partial charge < -0.3 is 34.8 Å². The van der Waals surface area contributed by atoms with Crippen molar-refractivity contribution in [1.82, 2.24) is 14.4 Å². The number of nitrogens with zero attached hydrogens (tertiary/aromatic N) is 3. The lowest BCUT2D eigenvalue weighted by Crippen LogP contribution is -2.45. The molecule has 11 heteroatoms. The normalized spacial score (nSPS) is 20.6. The lowest BCUT2D eigenvalue weighted by atomic mass is 9.84. The standard InChI is InChI=1S/C27H37N3O8/c1-2-3-10-28(11-4-13-31)25(34)16-29-15-19(18-5-6-21-22(14-18)38-17-37-21)26(27(35)36)20(29)9-12-30-23(32)7-8-24(30)33/h5-8,14,19-20,26,31-33H,2-4,9-13,15-17H2,1H3,(H,35,36)/t19-,20+,26-/m1/s1. The molecule has 0 spiro atoms. The molecule has 0 saturated carbocycles. The first-order chi connectivity index (χ1) is 18.3. The van der Waals surface area contributed by atoms with Gasteiger partial charge in [-0.2, -0.15) is 0 Å². The summed E-state index contributed by atoms with van der Waals surface area (Å²) < 4.78 is 12.3. The zero-order valence-electron chi connectivity index (χ0n) is 21.7. The monoisotopic (exact) mass is 531 g/mol. The van der Waals surface area contributed by atoms with Crippen LogP contribution in [0.2, 0.25) is 0 Å². The fraction of sp³-hybridized carbons (Fsp3) is 0.556. The van der Waals surface area contributed by atoms with Crippen molar-refractivity contribution in [3.8, 4) is 23.3 Å². The summed E-state index contributed by atoms with van der Waals surface area (Å²) in [5.41, 5.74) is 0.788. The van der Waals surface area contributed by atoms with Crippen molar-refractivity contribution in [1.29, 1.82) is 0 Å². The number of ether oxygens (including phenoxy) is 2. The van der Waals surface area contributed by atoms with E-state index in [0.29, 0.717) is 44.0 Å². The van der Waals surface area contributed by atoms with Gasteiger partial charge in [0.2, 0.25) is 12.7 Å². The van der Waals surface area contributed by atoms with Crippen LogP contribution in [-0.2, 0) is 16.1 Å². The third-order valence-electron chi connectivity index (χ3n) is 7.50. The second-order valence-corrected chi connectivity index (χ2v) is 9.88. The molecule has 1 saturated heterocycles. The minimum atomic E-state index is -0.975. The van der Waals surface area contributed by atoms with E-state index in [1.807, 2.05) is 24.0 Å². The molecule has 0 radical (unpaired) electrons. The van der Waals surface area contributed by atoms with Gasteiger partial charge in [-0.3, -0.25) is 19.1 Å². The number of aromatic nitrogens is 1. The van der Waals surface area contributed by atoms with Gasteiger partial charge in [0, 0.05) is 56.9 Å². The van der Waals surface area contributed by atoms with Gasteiger partial charge in [0.15, 0.2) is 23.3 Å². The van der Waals surface area contributed by atoms with Crippen LogP contribution in [0.25, 0.3) is 0 Å². The Hall–Kier alpha value is -3.44. The molecule has 0 bridgehead atoms. The Balaban J connectivity index is 1.61. The molecule has 38 heavy (non-hydrogen) atoms. The number of carbonyl (C=O) groups is 2. The maximum absolute atomic E-state index is 13.4. The maximum atomic E-state index is 13.4. The average molecular weight is 532 g/mol. The Kier molecular flexibility index (Phi) is 9.01. The van der Waals surface area contributed by atoms with Gasteiger partial charge in [-0.25, -0.2) is 0 Å². The molecule has 1 aromatic carbocycles. The second kappa shape index (κ2) is 12.4. The molecule has 0 unspecified atom stereocenters. The largest absolute Gasteiger partial charge is 0.494 e. The highest BCUT2D eigenvalue weighted by atomic mass is 16.7. The zero-order valence-corrected chi connectivity index (χ0v) is 21.7. The summed E-state index contributed by atoms with van der Waals surface area (Å²) in [6, 6.07) is 7.65. The van der Waals surface area contributed by atoms with Crippen LogP contribution in [0.3, 0.4) is 0 Å². The number of benzene rings is 1. The van der Waals surface area contributed by atoms with Crippen molar-refractivity contribution < 1.29 is 39.5 Å². The molecule has 208 valence electrons. The number of carboxylic acids is 1. The van der Waals surface area contributed by atoms with Crippen molar-refractivity contribution in [2.24, 2.45) is 5.92 Å². The molecule has 1 aromatic heterocycles. The molecule has 4 N–H and O–H groups in total. The van der Waals surface area contributed by atoms with E-state index < -0.39 is 23.8 Å². The van der Waals surface area contributed by atoms with Crippen molar-refractivity contribution in [2.75, 3.05) is 39.6 Å². The molecule has 3 heterocycles. The number of hydrogen-bond acceptors (Lipinski definition) is 8. The summed E-state index contributed by atoms with van der Waals surface area (Å²) in [7, 11) is 0. The Bertz CT molecular complexity index is 1090. The summed E-state index contributed by atoms with van der Waals surface area (Å²) >= 11 is 0. The van der Waals surface area contributed by atoms with Crippen LogP contribution in [0.4, 0.5) is 0 Å². The molecular weight excluding hydrogens is 494 g/mol. The molecule has 2 aromatic rings. The summed E-state index contributed by atoms with van der Waals surface area (Å²) in [5.74, 6) is -1.38. The average Bonchev–Trinajstić information content (AvgIpc) is 3.59. The molecule has 4 rings (SSSR count). The van der Waals surface area contributed by atoms with Crippen LogP contribution in [0.15, 0.2) is 30.3 Å². The minimum Gasteiger partial charge on any atom is -0.494 e. The lowest BCUT2D eigenvalue weighted by molar-refractivity contribution is -0.144. The van der Waals surface area contributed by atoms with E-state index in [-0.39, 0.29) is 44.2 Å². The number of unbranched alkanes of at least 4 members (excludes halogenated alkanes) is 1. The fourth-order valence-electron chi connectivity index (χ4n) is 5.52. The van der Waals surface area contributed by atoms with E-state index in [0.717, 1.165) is 18.4 Å². The van der Waals surface area contributed by atoms with Crippen LogP contribution in [0, 0.1) is 5.92 Å². The zero-order chi connectivity index (χ0) is 27.2. The third-order valence-corrected chi connectivity index (χ3v) is 7.50. The van der Waals surface area contributed by atoms with Crippen LogP contribution >= 0.6 is 0 Å². The van der Waals surface area contributed by atoms with Gasteiger partial charge in [0.25, 0.3) is 0 Å². The summed E-state index contributed by atoms with van der Waals surface area (Å²) in [6.07, 6.45) is 2.53. The van der Waals surface area contributed by atoms with Crippen molar-refractivity contribution in [3.05, 3.63) is 35.9 Å². The van der Waals surface area contributed by atoms with E-state index in [9.17, 15) is 30.0 Å². The van der Waals surface area contributed by atoms with Crippen molar-refractivity contribution in [3.63, 3.8) is 0 Å². The predicted octanol–water partition coefficient (Wildman–Crippen LogP) is 2.20. The van der Waals surface area contributed by atoms with Crippen LogP contribution < -0.4 is 9.47 Å². The summed E-state index contributed by atoms with van der Waals surface area (Å²) in [6.45, 7) is 3.72. The number of aromatic hydroxyl groups is 2. The van der Waals surface area contributed by atoms with Gasteiger partial charge in [-0.05, 0) is 37.0 Å². The first kappa shape index (κ1) is 27.6. The second-order valence-electron chi connectivity index (χ2n) is 9.88. The van der Waals surface area contributed by atoms with Gasteiger partial charge in [0.1, 0.15) is 0 Å². The quantitative estimate of drug-likeness (QED) is 0.306. The van der Waals surface area contributed by atoms with Gasteiger partial charge in [-0.1, -0.05) is 19.4 Å². The molecular formula is C27H37N3O8. The number of aliphatic carboxylic acids is 1. The summed E-state index contributed by atoms with van der Waals surface area (Å²) in [4.78, 5) is 29.7.